The minimum absolute atomic E-state index is 1.08. The summed E-state index contributed by atoms with van der Waals surface area (Å²) in [6, 6.07) is 8.43. The Balaban J connectivity index is 2.74. The summed E-state index contributed by atoms with van der Waals surface area (Å²) in [5, 5.41) is 1.26. The Bertz CT molecular complexity index is 437. The fraction of sp³-hybridized carbons (Fsp3) is 0.182. The molecule has 0 unspecified atom stereocenters. The smallest absolute Gasteiger partial charge is 0.0705 e. The first kappa shape index (κ1) is 8.57. The Hall–Kier alpha value is -1.02. The fourth-order valence-electron chi connectivity index (χ4n) is 1.39. The van der Waals surface area contributed by atoms with Gasteiger partial charge in [0.2, 0.25) is 0 Å². The van der Waals surface area contributed by atoms with Crippen molar-refractivity contribution in [2.45, 2.75) is 11.8 Å². The van der Waals surface area contributed by atoms with Crippen molar-refractivity contribution in [2.75, 3.05) is 6.26 Å². The molecule has 0 aliphatic carbocycles. The van der Waals surface area contributed by atoms with E-state index in [1.165, 1.54) is 15.8 Å². The molecule has 0 atom stereocenters. The van der Waals surface area contributed by atoms with Gasteiger partial charge in [0, 0.05) is 16.5 Å². The van der Waals surface area contributed by atoms with Crippen LogP contribution in [-0.2, 0) is 0 Å². The molecule has 2 heteroatoms. The van der Waals surface area contributed by atoms with Crippen LogP contribution < -0.4 is 0 Å². The number of fused-ring (bicyclic) bond motifs is 1. The predicted octanol–water partition coefficient (Wildman–Crippen LogP) is 3.27. The van der Waals surface area contributed by atoms with E-state index in [-0.39, 0.29) is 0 Å². The monoisotopic (exact) mass is 189 g/mol. The molecule has 0 bridgehead atoms. The third kappa shape index (κ3) is 1.54. The molecule has 1 nitrogen and oxygen atoms in total. The van der Waals surface area contributed by atoms with Crippen molar-refractivity contribution in [1.82, 2.24) is 4.98 Å². The summed E-state index contributed by atoms with van der Waals surface area (Å²) in [6.45, 7) is 2.12. The van der Waals surface area contributed by atoms with E-state index in [9.17, 15) is 0 Å². The largest absolute Gasteiger partial charge is 0.256 e. The molecule has 0 fully saturated rings. The minimum atomic E-state index is 1.08. The van der Waals surface area contributed by atoms with Crippen LogP contribution in [0.1, 0.15) is 5.56 Å². The van der Waals surface area contributed by atoms with Gasteiger partial charge in [0.25, 0.3) is 0 Å². The molecule has 1 aromatic carbocycles. The van der Waals surface area contributed by atoms with Crippen LogP contribution in [0.4, 0.5) is 0 Å². The second-order valence-corrected chi connectivity index (χ2v) is 3.89. The summed E-state index contributed by atoms with van der Waals surface area (Å²) in [6.07, 6.45) is 3.95. The average molecular weight is 189 g/mol. The molecule has 0 amide bonds. The van der Waals surface area contributed by atoms with Crippen LogP contribution >= 0.6 is 11.8 Å². The summed E-state index contributed by atoms with van der Waals surface area (Å²) in [5.74, 6) is 0. The van der Waals surface area contributed by atoms with Crippen molar-refractivity contribution >= 4 is 22.7 Å². The number of benzene rings is 1. The zero-order valence-corrected chi connectivity index (χ0v) is 8.56. The fourth-order valence-corrected chi connectivity index (χ4v) is 1.83. The third-order valence-corrected chi connectivity index (χ3v) is 2.89. The molecular formula is C11H11NS. The average Bonchev–Trinajstić information content (AvgIpc) is 2.18. The first-order valence-corrected chi connectivity index (χ1v) is 5.43. The lowest BCUT2D eigenvalue weighted by atomic mass is 10.1. The van der Waals surface area contributed by atoms with E-state index in [1.807, 2.05) is 12.3 Å². The summed E-state index contributed by atoms with van der Waals surface area (Å²) in [7, 11) is 0. The molecule has 0 spiro atoms. The highest BCUT2D eigenvalue weighted by Gasteiger charge is 1.98. The van der Waals surface area contributed by atoms with Crippen LogP contribution in [0.5, 0.6) is 0 Å². The van der Waals surface area contributed by atoms with Crippen molar-refractivity contribution < 1.29 is 0 Å². The van der Waals surface area contributed by atoms with Crippen LogP contribution in [0.3, 0.4) is 0 Å². The molecule has 2 rings (SSSR count). The van der Waals surface area contributed by atoms with Gasteiger partial charge in [0.15, 0.2) is 0 Å². The number of thioether (sulfide) groups is 1. The van der Waals surface area contributed by atoms with Crippen LogP contribution in [0.15, 0.2) is 35.4 Å². The number of aryl methyl sites for hydroxylation is 1. The maximum Gasteiger partial charge on any atom is 0.0705 e. The minimum Gasteiger partial charge on any atom is -0.256 e. The second kappa shape index (κ2) is 3.38. The van der Waals surface area contributed by atoms with Gasteiger partial charge in [-0.25, -0.2) is 0 Å². The molecule has 13 heavy (non-hydrogen) atoms. The number of pyridine rings is 1. The Kier molecular flexibility index (Phi) is 2.23. The topological polar surface area (TPSA) is 12.9 Å². The van der Waals surface area contributed by atoms with Crippen molar-refractivity contribution in [3.63, 3.8) is 0 Å². The number of hydrogen-bond acceptors (Lipinski definition) is 2. The molecule has 2 aromatic rings. The first-order chi connectivity index (χ1) is 6.31. The van der Waals surface area contributed by atoms with Crippen molar-refractivity contribution in [3.8, 4) is 0 Å². The normalized spacial score (nSPS) is 10.6. The quantitative estimate of drug-likeness (QED) is 0.639. The number of rotatable bonds is 1. The maximum atomic E-state index is 4.31. The zero-order chi connectivity index (χ0) is 9.26. The van der Waals surface area contributed by atoms with E-state index in [1.54, 1.807) is 11.8 Å². The lowest BCUT2D eigenvalue weighted by Crippen LogP contribution is -1.82. The van der Waals surface area contributed by atoms with E-state index in [2.05, 4.69) is 36.4 Å². The van der Waals surface area contributed by atoms with Crippen LogP contribution in [-0.4, -0.2) is 11.2 Å². The highest BCUT2D eigenvalue weighted by Crippen LogP contribution is 2.22. The van der Waals surface area contributed by atoms with Crippen molar-refractivity contribution in [2.24, 2.45) is 0 Å². The number of nitrogens with zero attached hydrogens (tertiary/aromatic N) is 1. The molecule has 0 radical (unpaired) electrons. The number of aromatic nitrogens is 1. The second-order valence-electron chi connectivity index (χ2n) is 3.01. The molecule has 0 saturated carbocycles. The molecule has 1 aromatic heterocycles. The van der Waals surface area contributed by atoms with Crippen molar-refractivity contribution in [3.05, 3.63) is 36.0 Å². The Labute approximate surface area is 82.2 Å². The van der Waals surface area contributed by atoms with Crippen molar-refractivity contribution in [1.29, 1.82) is 0 Å². The Morgan fingerprint density at radius 1 is 1.23 bits per heavy atom. The van der Waals surface area contributed by atoms with E-state index >= 15 is 0 Å². The van der Waals surface area contributed by atoms with E-state index in [0.717, 1.165) is 5.52 Å². The van der Waals surface area contributed by atoms with Gasteiger partial charge in [0.05, 0.1) is 5.52 Å². The van der Waals surface area contributed by atoms with Crippen LogP contribution in [0, 0.1) is 6.92 Å². The predicted molar refractivity (Wildman–Crippen MR) is 58.3 cm³/mol. The van der Waals surface area contributed by atoms with Crippen LogP contribution in [0.25, 0.3) is 10.9 Å². The van der Waals surface area contributed by atoms with Gasteiger partial charge < -0.3 is 0 Å². The van der Waals surface area contributed by atoms with Crippen LogP contribution in [0.2, 0.25) is 0 Å². The third-order valence-electron chi connectivity index (χ3n) is 2.17. The maximum absolute atomic E-state index is 4.31. The van der Waals surface area contributed by atoms with E-state index in [0.29, 0.717) is 0 Å². The summed E-state index contributed by atoms with van der Waals surface area (Å²) >= 11 is 1.76. The Morgan fingerprint density at radius 2 is 2.08 bits per heavy atom. The van der Waals surface area contributed by atoms with Gasteiger partial charge >= 0.3 is 0 Å². The van der Waals surface area contributed by atoms with Gasteiger partial charge in [0.1, 0.15) is 0 Å². The van der Waals surface area contributed by atoms with E-state index < -0.39 is 0 Å². The van der Waals surface area contributed by atoms with Gasteiger partial charge in [-0.2, -0.15) is 0 Å². The lowest BCUT2D eigenvalue weighted by Gasteiger charge is -2.02. The van der Waals surface area contributed by atoms with Gasteiger partial charge in [-0.3, -0.25) is 4.98 Å². The lowest BCUT2D eigenvalue weighted by molar-refractivity contribution is 1.35. The molecule has 0 aliphatic rings. The summed E-state index contributed by atoms with van der Waals surface area (Å²) in [5.41, 5.74) is 2.37. The first-order valence-electron chi connectivity index (χ1n) is 4.20. The highest BCUT2D eigenvalue weighted by atomic mass is 32.2. The highest BCUT2D eigenvalue weighted by molar-refractivity contribution is 7.98. The summed E-state index contributed by atoms with van der Waals surface area (Å²) in [4.78, 5) is 5.60. The Morgan fingerprint density at radius 3 is 2.85 bits per heavy atom. The van der Waals surface area contributed by atoms with Gasteiger partial charge in [-0.1, -0.05) is 0 Å². The molecule has 0 saturated heterocycles. The molecule has 66 valence electrons. The van der Waals surface area contributed by atoms with Gasteiger partial charge in [-0.15, -0.1) is 11.8 Å². The zero-order valence-electron chi connectivity index (χ0n) is 7.74. The van der Waals surface area contributed by atoms with Gasteiger partial charge in [-0.05, 0) is 43.0 Å². The SMILES string of the molecule is CSc1ccc2nccc(C)c2c1. The molecule has 0 N–H and O–H groups in total. The molecule has 0 aliphatic heterocycles. The molecular weight excluding hydrogens is 178 g/mol. The molecule has 1 heterocycles. The summed E-state index contributed by atoms with van der Waals surface area (Å²) < 4.78 is 0. The standard InChI is InChI=1S/C11H11NS/c1-8-5-6-12-11-4-3-9(13-2)7-10(8)11/h3-7H,1-2H3. The number of hydrogen-bond donors (Lipinski definition) is 0. The van der Waals surface area contributed by atoms with E-state index in [4.69, 9.17) is 0 Å².